The smallest absolute Gasteiger partial charge is 0.311 e. The number of para-hydroxylation sites is 1. The number of rotatable bonds is 5. The van der Waals surface area contributed by atoms with Crippen molar-refractivity contribution >= 4 is 22.2 Å². The lowest BCUT2D eigenvalue weighted by molar-refractivity contribution is -0.386. The Morgan fingerprint density at radius 1 is 1.53 bits per heavy atom. The summed E-state index contributed by atoms with van der Waals surface area (Å²) in [5.41, 5.74) is 2.99. The maximum Gasteiger partial charge on any atom is 0.311 e. The molecule has 100 valence electrons. The van der Waals surface area contributed by atoms with Crippen molar-refractivity contribution in [3.05, 3.63) is 38.9 Å². The molecule has 1 heterocycles. The molecule has 0 bridgehead atoms. The molecular weight excluding hydrogens is 270 g/mol. The van der Waals surface area contributed by atoms with Gasteiger partial charge in [0.25, 0.3) is 0 Å². The van der Waals surface area contributed by atoms with E-state index in [1.54, 1.807) is 19.1 Å². The van der Waals surface area contributed by atoms with Crippen LogP contribution in [0.4, 0.5) is 10.8 Å². The third-order valence-corrected chi connectivity index (χ3v) is 3.15. The van der Waals surface area contributed by atoms with E-state index < -0.39 is 4.92 Å². The van der Waals surface area contributed by atoms with E-state index in [9.17, 15) is 10.1 Å². The Balaban J connectivity index is 2.17. The van der Waals surface area contributed by atoms with Crippen LogP contribution in [-0.4, -0.2) is 15.1 Å². The van der Waals surface area contributed by atoms with Crippen LogP contribution in [0, 0.1) is 17.0 Å². The molecule has 19 heavy (non-hydrogen) atoms. The van der Waals surface area contributed by atoms with Gasteiger partial charge < -0.3 is 4.74 Å². The number of nitrogen functional groups attached to an aromatic ring is 1. The first kappa shape index (κ1) is 13.2. The number of nitrogens with two attached hydrogens (primary N) is 1. The number of benzene rings is 1. The molecule has 9 heteroatoms. The lowest BCUT2D eigenvalue weighted by Crippen LogP contribution is -2.05. The van der Waals surface area contributed by atoms with Crippen LogP contribution in [-0.2, 0) is 6.61 Å². The third kappa shape index (κ3) is 2.95. The number of aryl methyl sites for hydroxylation is 1. The van der Waals surface area contributed by atoms with Gasteiger partial charge in [0.15, 0.2) is 10.8 Å². The van der Waals surface area contributed by atoms with E-state index in [-0.39, 0.29) is 18.0 Å². The van der Waals surface area contributed by atoms with Crippen LogP contribution in [0.15, 0.2) is 18.2 Å². The van der Waals surface area contributed by atoms with Crippen molar-refractivity contribution in [3.63, 3.8) is 0 Å². The quantitative estimate of drug-likeness (QED) is 0.486. The van der Waals surface area contributed by atoms with E-state index in [0.717, 1.165) is 0 Å². The zero-order chi connectivity index (χ0) is 13.8. The second kappa shape index (κ2) is 5.59. The standard InChI is InChI=1S/C10H11N5O3S/c1-6-3-2-4-7(15(16)17)9(6)18-5-8-13-14-10(12-11)19-8/h2-4H,5,11H2,1H3,(H,12,14). The van der Waals surface area contributed by atoms with E-state index in [2.05, 4.69) is 15.6 Å². The maximum atomic E-state index is 10.9. The van der Waals surface area contributed by atoms with Crippen LogP contribution < -0.4 is 16.0 Å². The summed E-state index contributed by atoms with van der Waals surface area (Å²) in [5, 5.41) is 19.5. The van der Waals surface area contributed by atoms with E-state index in [4.69, 9.17) is 10.6 Å². The SMILES string of the molecule is Cc1cccc([N+](=O)[O-])c1OCc1nnc(NN)s1. The van der Waals surface area contributed by atoms with Gasteiger partial charge in [0.1, 0.15) is 6.61 Å². The van der Waals surface area contributed by atoms with Crippen LogP contribution in [0.5, 0.6) is 5.75 Å². The Morgan fingerprint density at radius 3 is 2.95 bits per heavy atom. The van der Waals surface area contributed by atoms with Gasteiger partial charge in [-0.3, -0.25) is 15.5 Å². The highest BCUT2D eigenvalue weighted by atomic mass is 32.1. The largest absolute Gasteiger partial charge is 0.479 e. The number of nitro groups is 1. The Bertz CT molecular complexity index is 601. The summed E-state index contributed by atoms with van der Waals surface area (Å²) in [6, 6.07) is 4.76. The molecule has 0 saturated carbocycles. The lowest BCUT2D eigenvalue weighted by Gasteiger charge is -2.07. The third-order valence-electron chi connectivity index (χ3n) is 2.32. The molecule has 0 aliphatic carbocycles. The Kier molecular flexibility index (Phi) is 3.88. The predicted octanol–water partition coefficient (Wildman–Crippen LogP) is 1.62. The molecule has 0 fully saturated rings. The zero-order valence-electron chi connectivity index (χ0n) is 9.99. The van der Waals surface area contributed by atoms with Crippen molar-refractivity contribution in [2.45, 2.75) is 13.5 Å². The maximum absolute atomic E-state index is 10.9. The Morgan fingerprint density at radius 2 is 2.32 bits per heavy atom. The van der Waals surface area contributed by atoms with E-state index >= 15 is 0 Å². The van der Waals surface area contributed by atoms with Gasteiger partial charge in [-0.1, -0.05) is 23.5 Å². The molecule has 2 rings (SSSR count). The highest BCUT2D eigenvalue weighted by Crippen LogP contribution is 2.31. The second-order valence-electron chi connectivity index (χ2n) is 3.61. The summed E-state index contributed by atoms with van der Waals surface area (Å²) in [6.45, 7) is 1.85. The van der Waals surface area contributed by atoms with Crippen LogP contribution in [0.2, 0.25) is 0 Å². The number of aromatic nitrogens is 2. The van der Waals surface area contributed by atoms with Crippen molar-refractivity contribution < 1.29 is 9.66 Å². The number of nitrogens with one attached hydrogen (secondary N) is 1. The van der Waals surface area contributed by atoms with Gasteiger partial charge in [-0.2, -0.15) is 0 Å². The molecule has 0 aliphatic heterocycles. The molecule has 8 nitrogen and oxygen atoms in total. The van der Waals surface area contributed by atoms with Crippen molar-refractivity contribution in [1.29, 1.82) is 0 Å². The number of hydrogen-bond donors (Lipinski definition) is 2. The highest BCUT2D eigenvalue weighted by Gasteiger charge is 2.17. The van der Waals surface area contributed by atoms with Crippen LogP contribution in [0.25, 0.3) is 0 Å². The number of ether oxygens (including phenoxy) is 1. The first-order chi connectivity index (χ1) is 9.11. The molecule has 1 aromatic heterocycles. The van der Waals surface area contributed by atoms with Gasteiger partial charge >= 0.3 is 5.69 Å². The van der Waals surface area contributed by atoms with Gasteiger partial charge in [-0.25, -0.2) is 5.84 Å². The van der Waals surface area contributed by atoms with Crippen molar-refractivity contribution in [1.82, 2.24) is 10.2 Å². The Hall–Kier alpha value is -2.26. The summed E-state index contributed by atoms with van der Waals surface area (Å²) in [6.07, 6.45) is 0. The molecule has 0 unspecified atom stereocenters. The van der Waals surface area contributed by atoms with Gasteiger partial charge in [-0.05, 0) is 12.5 Å². The molecule has 0 aliphatic rings. The summed E-state index contributed by atoms with van der Waals surface area (Å²) in [5.74, 6) is 5.43. The topological polar surface area (TPSA) is 116 Å². The Labute approximate surface area is 112 Å². The summed E-state index contributed by atoms with van der Waals surface area (Å²) in [7, 11) is 0. The fraction of sp³-hybridized carbons (Fsp3) is 0.200. The zero-order valence-corrected chi connectivity index (χ0v) is 10.8. The average Bonchev–Trinajstić information content (AvgIpc) is 2.85. The summed E-state index contributed by atoms with van der Waals surface area (Å²) in [4.78, 5) is 10.4. The van der Waals surface area contributed by atoms with E-state index in [1.807, 2.05) is 0 Å². The van der Waals surface area contributed by atoms with Crippen molar-refractivity contribution in [2.24, 2.45) is 5.84 Å². The van der Waals surface area contributed by atoms with Gasteiger partial charge in [0.2, 0.25) is 5.13 Å². The molecule has 3 N–H and O–H groups in total. The average molecular weight is 281 g/mol. The van der Waals surface area contributed by atoms with Crippen molar-refractivity contribution in [3.8, 4) is 5.75 Å². The number of nitrogens with zero attached hydrogens (tertiary/aromatic N) is 3. The normalized spacial score (nSPS) is 10.2. The van der Waals surface area contributed by atoms with Crippen LogP contribution in [0.1, 0.15) is 10.6 Å². The first-order valence-electron chi connectivity index (χ1n) is 5.27. The number of anilines is 1. The van der Waals surface area contributed by atoms with Gasteiger partial charge in [0.05, 0.1) is 4.92 Å². The molecule has 0 amide bonds. The molecule has 0 radical (unpaired) electrons. The molecule has 1 aromatic carbocycles. The lowest BCUT2D eigenvalue weighted by atomic mass is 10.2. The van der Waals surface area contributed by atoms with E-state index in [0.29, 0.717) is 15.7 Å². The van der Waals surface area contributed by atoms with Gasteiger partial charge in [-0.15, -0.1) is 10.2 Å². The minimum Gasteiger partial charge on any atom is -0.479 e. The van der Waals surface area contributed by atoms with Crippen LogP contribution in [0.3, 0.4) is 0 Å². The van der Waals surface area contributed by atoms with Crippen LogP contribution >= 0.6 is 11.3 Å². The summed E-state index contributed by atoms with van der Waals surface area (Å²) < 4.78 is 5.47. The molecular formula is C10H11N5O3S. The molecule has 0 atom stereocenters. The number of nitro benzene ring substituents is 1. The minimum absolute atomic E-state index is 0.0679. The first-order valence-corrected chi connectivity index (χ1v) is 6.09. The van der Waals surface area contributed by atoms with E-state index in [1.165, 1.54) is 17.4 Å². The second-order valence-corrected chi connectivity index (χ2v) is 4.68. The molecule has 2 aromatic rings. The number of hydrazine groups is 1. The number of hydrogen-bond acceptors (Lipinski definition) is 8. The fourth-order valence-electron chi connectivity index (χ4n) is 1.47. The molecule has 0 spiro atoms. The predicted molar refractivity (Wildman–Crippen MR) is 69.9 cm³/mol. The highest BCUT2D eigenvalue weighted by molar-refractivity contribution is 7.15. The monoisotopic (exact) mass is 281 g/mol. The van der Waals surface area contributed by atoms with Crippen molar-refractivity contribution in [2.75, 3.05) is 5.43 Å². The fourth-order valence-corrected chi connectivity index (χ4v) is 2.04. The summed E-state index contributed by atoms with van der Waals surface area (Å²) >= 11 is 1.22. The minimum atomic E-state index is -0.477. The molecule has 0 saturated heterocycles. The van der Waals surface area contributed by atoms with Gasteiger partial charge in [0, 0.05) is 6.07 Å².